The van der Waals surface area contributed by atoms with Crippen LogP contribution in [0.3, 0.4) is 0 Å². The Balaban J connectivity index is 2.89. The van der Waals surface area contributed by atoms with E-state index in [0.29, 0.717) is 0 Å². The lowest BCUT2D eigenvalue weighted by Crippen LogP contribution is -2.09. The molecule has 2 heteroatoms. The van der Waals surface area contributed by atoms with Crippen molar-refractivity contribution in [2.24, 2.45) is 9.98 Å². The highest BCUT2D eigenvalue weighted by Gasteiger charge is 1.99. The Morgan fingerprint density at radius 3 is 3.00 bits per heavy atom. The van der Waals surface area contributed by atoms with Crippen LogP contribution in [0.2, 0.25) is 0 Å². The summed E-state index contributed by atoms with van der Waals surface area (Å²) in [4.78, 5) is 8.15. The lowest BCUT2D eigenvalue weighted by molar-refractivity contribution is 1.34. The standard InChI is InChI=1S/C9H8N2/c1-6-3-8-9(4-7(6)2)11-5-10-8/h3-5H,1H2,2H3. The first kappa shape index (κ1) is 6.28. The van der Waals surface area contributed by atoms with Crippen molar-refractivity contribution in [2.45, 2.75) is 6.92 Å². The summed E-state index contributed by atoms with van der Waals surface area (Å²) in [6, 6.07) is 3.96. The summed E-state index contributed by atoms with van der Waals surface area (Å²) in [5.41, 5.74) is 2.10. The molecule has 1 heterocycles. The molecule has 0 aromatic heterocycles. The van der Waals surface area contributed by atoms with Crippen molar-refractivity contribution < 1.29 is 0 Å². The molecular weight excluding hydrogens is 136 g/mol. The summed E-state index contributed by atoms with van der Waals surface area (Å²) in [5, 5.41) is 1.98. The third kappa shape index (κ3) is 0.871. The predicted molar refractivity (Wildman–Crippen MR) is 45.6 cm³/mol. The molecule has 54 valence electrons. The van der Waals surface area contributed by atoms with Gasteiger partial charge in [-0.05, 0) is 29.8 Å². The van der Waals surface area contributed by atoms with Gasteiger partial charge < -0.3 is 0 Å². The monoisotopic (exact) mass is 144 g/mol. The molecule has 0 bridgehead atoms. The lowest BCUT2D eigenvalue weighted by Gasteiger charge is -1.92. The van der Waals surface area contributed by atoms with Gasteiger partial charge in [0.1, 0.15) is 6.34 Å². The number of hydrogen-bond acceptors (Lipinski definition) is 2. The summed E-state index contributed by atoms with van der Waals surface area (Å²) < 4.78 is 0. The molecule has 0 spiro atoms. The van der Waals surface area contributed by atoms with Crippen LogP contribution in [0, 0.1) is 6.92 Å². The number of aryl methyl sites for hydroxylation is 1. The second-order valence-corrected chi connectivity index (χ2v) is 2.64. The quantitative estimate of drug-likeness (QED) is 0.512. The molecule has 11 heavy (non-hydrogen) atoms. The fraction of sp³-hybridized carbons (Fsp3) is 0.111. The average Bonchev–Trinajstić information content (AvgIpc) is 2.36. The number of hydrogen-bond donors (Lipinski definition) is 0. The number of fused-ring (bicyclic) bond motifs is 1. The molecule has 1 aromatic rings. The second-order valence-electron chi connectivity index (χ2n) is 2.64. The van der Waals surface area contributed by atoms with Crippen LogP contribution in [-0.2, 0) is 0 Å². The minimum atomic E-state index is 0.931. The van der Waals surface area contributed by atoms with Gasteiger partial charge in [-0.15, -0.1) is 0 Å². The highest BCUT2D eigenvalue weighted by Crippen LogP contribution is 2.04. The van der Waals surface area contributed by atoms with Gasteiger partial charge in [0, 0.05) is 0 Å². The van der Waals surface area contributed by atoms with E-state index >= 15 is 0 Å². The molecule has 0 radical (unpaired) electrons. The maximum Gasteiger partial charge on any atom is 0.116 e. The first-order chi connectivity index (χ1) is 5.27. The van der Waals surface area contributed by atoms with Crippen LogP contribution in [0.25, 0.3) is 6.58 Å². The molecule has 0 amide bonds. The number of nitrogens with zero attached hydrogens (tertiary/aromatic N) is 2. The first-order valence-electron chi connectivity index (χ1n) is 3.47. The van der Waals surface area contributed by atoms with Crippen LogP contribution < -0.4 is 10.6 Å². The zero-order valence-electron chi connectivity index (χ0n) is 6.33. The summed E-state index contributed by atoms with van der Waals surface area (Å²) in [7, 11) is 0. The van der Waals surface area contributed by atoms with Crippen LogP contribution in [0.4, 0.5) is 5.69 Å². The Labute approximate surface area is 64.6 Å². The maximum atomic E-state index is 4.08. The van der Waals surface area contributed by atoms with Crippen molar-refractivity contribution in [2.75, 3.05) is 0 Å². The van der Waals surface area contributed by atoms with Gasteiger partial charge in [-0.2, -0.15) is 0 Å². The predicted octanol–water partition coefficient (Wildman–Crippen LogP) is 0.698. The largest absolute Gasteiger partial charge is 0.235 e. The van der Waals surface area contributed by atoms with E-state index < -0.39 is 0 Å². The fourth-order valence-corrected chi connectivity index (χ4v) is 1.08. The van der Waals surface area contributed by atoms with E-state index in [1.54, 1.807) is 6.34 Å². The molecule has 0 atom stereocenters. The minimum absolute atomic E-state index is 0.931. The minimum Gasteiger partial charge on any atom is -0.235 e. The highest BCUT2D eigenvalue weighted by atomic mass is 14.9. The Bertz CT molecular complexity index is 430. The van der Waals surface area contributed by atoms with Crippen molar-refractivity contribution in [3.05, 3.63) is 28.3 Å². The second kappa shape index (κ2) is 2.02. The van der Waals surface area contributed by atoms with Crippen molar-refractivity contribution in [3.63, 3.8) is 0 Å². The van der Waals surface area contributed by atoms with Gasteiger partial charge in [0.2, 0.25) is 0 Å². The van der Waals surface area contributed by atoms with E-state index in [9.17, 15) is 0 Å². The molecule has 2 rings (SSSR count). The van der Waals surface area contributed by atoms with E-state index in [0.717, 1.165) is 21.8 Å². The van der Waals surface area contributed by atoms with Crippen molar-refractivity contribution in [3.8, 4) is 0 Å². The maximum absolute atomic E-state index is 4.08. The van der Waals surface area contributed by atoms with Crippen LogP contribution in [0.15, 0.2) is 22.1 Å². The summed E-state index contributed by atoms with van der Waals surface area (Å²) in [5.74, 6) is 0. The lowest BCUT2D eigenvalue weighted by atomic mass is 10.2. The molecule has 0 unspecified atom stereocenters. The van der Waals surface area contributed by atoms with E-state index in [-0.39, 0.29) is 0 Å². The van der Waals surface area contributed by atoms with Crippen LogP contribution >= 0.6 is 0 Å². The first-order valence-corrected chi connectivity index (χ1v) is 3.47. The smallest absolute Gasteiger partial charge is 0.116 e. The van der Waals surface area contributed by atoms with Crippen molar-refractivity contribution in [1.82, 2.24) is 0 Å². The average molecular weight is 144 g/mol. The van der Waals surface area contributed by atoms with Gasteiger partial charge in [0.05, 0.1) is 11.0 Å². The van der Waals surface area contributed by atoms with Gasteiger partial charge in [-0.3, -0.25) is 0 Å². The number of benzene rings is 1. The molecule has 2 nitrogen and oxygen atoms in total. The summed E-state index contributed by atoms with van der Waals surface area (Å²) in [6.07, 6.45) is 1.57. The molecular formula is C9H8N2. The zero-order valence-corrected chi connectivity index (χ0v) is 6.33. The van der Waals surface area contributed by atoms with Gasteiger partial charge in [-0.25, -0.2) is 9.98 Å². The molecule has 0 fully saturated rings. The zero-order chi connectivity index (χ0) is 7.84. The van der Waals surface area contributed by atoms with Gasteiger partial charge >= 0.3 is 0 Å². The normalized spacial score (nSPS) is 12.8. The number of rotatable bonds is 0. The number of aliphatic imine (C=N–C) groups is 1. The van der Waals surface area contributed by atoms with Gasteiger partial charge in [-0.1, -0.05) is 6.58 Å². The summed E-state index contributed by atoms with van der Waals surface area (Å²) >= 11 is 0. The van der Waals surface area contributed by atoms with E-state index in [2.05, 4.69) is 16.6 Å². The molecule has 0 saturated heterocycles. The van der Waals surface area contributed by atoms with Gasteiger partial charge in [0.15, 0.2) is 0 Å². The third-order valence-electron chi connectivity index (χ3n) is 1.83. The Morgan fingerprint density at radius 2 is 2.18 bits per heavy atom. The van der Waals surface area contributed by atoms with Crippen molar-refractivity contribution in [1.29, 1.82) is 0 Å². The Hall–Kier alpha value is -1.44. The van der Waals surface area contributed by atoms with Gasteiger partial charge in [0.25, 0.3) is 0 Å². The molecule has 0 saturated carbocycles. The summed E-state index contributed by atoms with van der Waals surface area (Å²) in [6.45, 7) is 5.91. The van der Waals surface area contributed by atoms with Crippen LogP contribution in [0.1, 0.15) is 5.56 Å². The molecule has 0 aliphatic carbocycles. The third-order valence-corrected chi connectivity index (χ3v) is 1.83. The van der Waals surface area contributed by atoms with E-state index in [1.807, 2.05) is 19.1 Å². The highest BCUT2D eigenvalue weighted by molar-refractivity contribution is 5.66. The fourth-order valence-electron chi connectivity index (χ4n) is 1.08. The van der Waals surface area contributed by atoms with E-state index in [1.165, 1.54) is 0 Å². The SMILES string of the molecule is C=c1cc2c(cc1C)=NC=N2. The Kier molecular flexibility index (Phi) is 1.15. The Morgan fingerprint density at radius 1 is 1.36 bits per heavy atom. The van der Waals surface area contributed by atoms with Crippen molar-refractivity contribution >= 4 is 18.6 Å². The molecule has 1 aromatic carbocycles. The topological polar surface area (TPSA) is 24.7 Å². The van der Waals surface area contributed by atoms with Crippen LogP contribution in [0.5, 0.6) is 0 Å². The van der Waals surface area contributed by atoms with E-state index in [4.69, 9.17) is 0 Å². The molecule has 1 aliphatic rings. The van der Waals surface area contributed by atoms with Crippen LogP contribution in [-0.4, -0.2) is 6.34 Å². The molecule has 1 aliphatic heterocycles. The molecule has 0 N–H and O–H groups in total.